The van der Waals surface area contributed by atoms with E-state index in [1.54, 1.807) is 12.2 Å². The van der Waals surface area contributed by atoms with E-state index in [2.05, 4.69) is 58.1 Å². The summed E-state index contributed by atoms with van der Waals surface area (Å²) in [5.74, 6) is -0.761. The van der Waals surface area contributed by atoms with Gasteiger partial charge in [0.05, 0.1) is 6.61 Å². The molecule has 5 atom stereocenters. The topological polar surface area (TPSA) is 116 Å². The van der Waals surface area contributed by atoms with Crippen LogP contribution in [0.4, 0.5) is 0 Å². The second kappa shape index (κ2) is 20.6. The highest BCUT2D eigenvalue weighted by Crippen LogP contribution is 2.22. The molecule has 1 heterocycles. The molecule has 1 saturated heterocycles. The third kappa shape index (κ3) is 15.6. The van der Waals surface area contributed by atoms with Crippen LogP contribution in [-0.2, 0) is 14.3 Å². The Labute approximate surface area is 257 Å². The van der Waals surface area contributed by atoms with Gasteiger partial charge in [0.15, 0.2) is 0 Å². The van der Waals surface area contributed by atoms with E-state index in [4.69, 9.17) is 9.47 Å². The summed E-state index contributed by atoms with van der Waals surface area (Å²) in [7, 11) is 0. The van der Waals surface area contributed by atoms with Gasteiger partial charge >= 0.3 is 5.97 Å². The Kier molecular flexibility index (Phi) is 18.0. The molecule has 0 unspecified atom stereocenters. The fourth-order valence-corrected chi connectivity index (χ4v) is 3.74. The molecule has 1 fully saturated rings. The minimum atomic E-state index is -1.64. The van der Waals surface area contributed by atoms with Gasteiger partial charge in [-0.1, -0.05) is 113 Å². The van der Waals surface area contributed by atoms with Gasteiger partial charge in [0.2, 0.25) is 6.29 Å². The molecule has 7 nitrogen and oxygen atoms in total. The molecule has 0 radical (unpaired) electrons. The smallest absolute Gasteiger partial charge is 0.336 e. The van der Waals surface area contributed by atoms with Crippen molar-refractivity contribution in [3.05, 3.63) is 119 Å². The maximum absolute atomic E-state index is 12.4. The Morgan fingerprint density at radius 3 is 1.74 bits per heavy atom. The maximum Gasteiger partial charge on any atom is 0.336 e. The lowest BCUT2D eigenvalue weighted by Crippen LogP contribution is -2.59. The van der Waals surface area contributed by atoms with Crippen LogP contribution < -0.4 is 0 Å². The molecule has 0 saturated carbocycles. The number of allylic oxidation sites excluding steroid dienone is 19. The number of carbonyl (C=O) groups excluding carboxylic acids is 1. The van der Waals surface area contributed by atoms with Gasteiger partial charge in [-0.25, -0.2) is 4.79 Å². The summed E-state index contributed by atoms with van der Waals surface area (Å²) in [6.07, 6.45) is 22.4. The molecule has 7 heteroatoms. The predicted octanol–water partition coefficient (Wildman–Crippen LogP) is 6.03. The first-order chi connectivity index (χ1) is 20.3. The van der Waals surface area contributed by atoms with Gasteiger partial charge < -0.3 is 29.9 Å². The molecule has 43 heavy (non-hydrogen) atoms. The van der Waals surface area contributed by atoms with Gasteiger partial charge in [0, 0.05) is 5.57 Å². The number of aliphatic hydroxyl groups excluding tert-OH is 4. The number of esters is 1. The van der Waals surface area contributed by atoms with E-state index < -0.39 is 43.3 Å². The molecule has 1 aliphatic rings. The van der Waals surface area contributed by atoms with Crippen molar-refractivity contribution < 1.29 is 34.7 Å². The molecule has 0 aromatic rings. The van der Waals surface area contributed by atoms with Crippen molar-refractivity contribution >= 4 is 5.97 Å². The fourth-order valence-electron chi connectivity index (χ4n) is 3.74. The Hall–Kier alpha value is -3.33. The highest BCUT2D eigenvalue weighted by molar-refractivity contribution is 5.88. The van der Waals surface area contributed by atoms with Crippen molar-refractivity contribution in [3.63, 3.8) is 0 Å². The number of hydrogen-bond donors (Lipinski definition) is 4. The monoisotopic (exact) mass is 594 g/mol. The first kappa shape index (κ1) is 37.7. The van der Waals surface area contributed by atoms with E-state index in [0.717, 1.165) is 24.0 Å². The second-order valence-corrected chi connectivity index (χ2v) is 11.0. The van der Waals surface area contributed by atoms with Gasteiger partial charge in [0.1, 0.15) is 24.4 Å². The first-order valence-corrected chi connectivity index (χ1v) is 14.6. The Balaban J connectivity index is 2.59. The number of ether oxygens (including phenoxy) is 2. The number of carbonyl (C=O) groups is 1. The summed E-state index contributed by atoms with van der Waals surface area (Å²) < 4.78 is 10.3. The van der Waals surface area contributed by atoms with Gasteiger partial charge in [0.25, 0.3) is 0 Å². The van der Waals surface area contributed by atoms with E-state index in [1.807, 2.05) is 56.4 Å². The normalized spacial score (nSPS) is 25.0. The lowest BCUT2D eigenvalue weighted by Gasteiger charge is -2.39. The Bertz CT molecular complexity index is 1200. The standard InChI is InChI=1S/C36H50O7/c1-25(2)14-10-17-28(5)20-11-18-26(3)15-8-9-16-27(4)19-12-21-29(6)22-13-23-30(7)35(41)43-36-34(40)33(39)32(38)31(24-37)42-36/h8-9,11-16,18-23,31-34,36-40H,10,17,24H2,1-7H3/b9-8+,18-11+,19-12+,22-13+,26-15+,27-16+,28-20+,29-21+,30-23+/t31-,32-,33+,34-,36+/m1/s1. The molecule has 0 aromatic carbocycles. The van der Waals surface area contributed by atoms with E-state index in [0.29, 0.717) is 0 Å². The van der Waals surface area contributed by atoms with E-state index in [1.165, 1.54) is 23.6 Å². The van der Waals surface area contributed by atoms with Gasteiger partial charge in [-0.2, -0.15) is 0 Å². The lowest BCUT2D eigenvalue weighted by molar-refractivity contribution is -0.291. The van der Waals surface area contributed by atoms with E-state index >= 15 is 0 Å². The van der Waals surface area contributed by atoms with Crippen LogP contribution >= 0.6 is 0 Å². The van der Waals surface area contributed by atoms with Crippen molar-refractivity contribution in [1.29, 1.82) is 0 Å². The summed E-state index contributed by atoms with van der Waals surface area (Å²) in [5, 5.41) is 38.9. The summed E-state index contributed by atoms with van der Waals surface area (Å²) in [4.78, 5) is 12.4. The zero-order valence-electron chi connectivity index (χ0n) is 26.6. The highest BCUT2D eigenvalue weighted by Gasteiger charge is 2.45. The van der Waals surface area contributed by atoms with Crippen LogP contribution in [0.2, 0.25) is 0 Å². The molecule has 0 aromatic heterocycles. The number of hydrogen-bond acceptors (Lipinski definition) is 7. The van der Waals surface area contributed by atoms with Crippen molar-refractivity contribution in [2.45, 2.75) is 92.0 Å². The van der Waals surface area contributed by atoms with Crippen LogP contribution in [0.15, 0.2) is 119 Å². The van der Waals surface area contributed by atoms with Crippen molar-refractivity contribution in [3.8, 4) is 0 Å². The maximum atomic E-state index is 12.4. The lowest BCUT2D eigenvalue weighted by atomic mass is 9.99. The van der Waals surface area contributed by atoms with Crippen LogP contribution in [0, 0.1) is 0 Å². The average molecular weight is 595 g/mol. The van der Waals surface area contributed by atoms with Crippen LogP contribution in [0.25, 0.3) is 0 Å². The molecule has 0 amide bonds. The zero-order valence-corrected chi connectivity index (χ0v) is 26.6. The Morgan fingerprint density at radius 1 is 0.698 bits per heavy atom. The van der Waals surface area contributed by atoms with Crippen LogP contribution in [0.5, 0.6) is 0 Å². The molecule has 0 aliphatic carbocycles. The molecular formula is C36H50O7. The molecule has 4 N–H and O–H groups in total. The van der Waals surface area contributed by atoms with E-state index in [-0.39, 0.29) is 5.57 Å². The molecule has 1 aliphatic heterocycles. The fraction of sp³-hybridized carbons (Fsp3) is 0.417. The number of aliphatic hydroxyl groups is 4. The first-order valence-electron chi connectivity index (χ1n) is 14.6. The largest absolute Gasteiger partial charge is 0.429 e. The van der Waals surface area contributed by atoms with E-state index in [9.17, 15) is 25.2 Å². The van der Waals surface area contributed by atoms with Gasteiger partial charge in [-0.15, -0.1) is 0 Å². The molecule has 236 valence electrons. The van der Waals surface area contributed by atoms with Gasteiger partial charge in [-0.3, -0.25) is 0 Å². The van der Waals surface area contributed by atoms with Crippen molar-refractivity contribution in [2.24, 2.45) is 0 Å². The summed E-state index contributed by atoms with van der Waals surface area (Å²) >= 11 is 0. The quantitative estimate of drug-likeness (QED) is 0.0840. The minimum Gasteiger partial charge on any atom is -0.429 e. The average Bonchev–Trinajstić information content (AvgIpc) is 2.95. The van der Waals surface area contributed by atoms with Gasteiger partial charge in [-0.05, 0) is 61.3 Å². The summed E-state index contributed by atoms with van der Waals surface area (Å²) in [6.45, 7) is 13.4. The molecule has 1 rings (SSSR count). The SMILES string of the molecule is CC(C)=CCC/C(C)=C/C=C/C(C)=C/C=C/C=C(C)/C=C/C=C(C)/C=C/C=C(\C)C(=O)O[C@@H]1O[C@H](CO)[C@@H](O)[C@H](O)[C@H]1O. The van der Waals surface area contributed by atoms with Crippen LogP contribution in [0.1, 0.15) is 61.3 Å². The zero-order chi connectivity index (χ0) is 32.4. The third-order valence-corrected chi connectivity index (χ3v) is 6.48. The molecule has 0 spiro atoms. The second-order valence-electron chi connectivity index (χ2n) is 11.0. The van der Waals surface area contributed by atoms with Crippen molar-refractivity contribution in [1.82, 2.24) is 0 Å². The predicted molar refractivity (Wildman–Crippen MR) is 174 cm³/mol. The highest BCUT2D eigenvalue weighted by atomic mass is 16.7. The Morgan fingerprint density at radius 2 is 1.21 bits per heavy atom. The minimum absolute atomic E-state index is 0.239. The molecule has 0 bridgehead atoms. The third-order valence-electron chi connectivity index (χ3n) is 6.48. The summed E-state index contributed by atoms with van der Waals surface area (Å²) in [6, 6.07) is 0. The van der Waals surface area contributed by atoms with Crippen LogP contribution in [-0.4, -0.2) is 63.7 Å². The number of rotatable bonds is 14. The molecular weight excluding hydrogens is 544 g/mol. The van der Waals surface area contributed by atoms with Crippen LogP contribution in [0.3, 0.4) is 0 Å². The summed E-state index contributed by atoms with van der Waals surface area (Å²) in [5.41, 5.74) is 6.18. The van der Waals surface area contributed by atoms with Crippen molar-refractivity contribution in [2.75, 3.05) is 6.61 Å².